The molecule has 1 fully saturated rings. The maximum absolute atomic E-state index is 13.8. The molecule has 0 bridgehead atoms. The van der Waals surface area contributed by atoms with Crippen LogP contribution in [0.5, 0.6) is 11.5 Å². The Morgan fingerprint density at radius 1 is 1.05 bits per heavy atom. The van der Waals surface area contributed by atoms with Gasteiger partial charge in [0.25, 0.3) is 5.91 Å². The molecule has 0 unspecified atom stereocenters. The highest BCUT2D eigenvalue weighted by Gasteiger charge is 2.35. The van der Waals surface area contributed by atoms with Crippen molar-refractivity contribution in [3.8, 4) is 11.5 Å². The zero-order valence-corrected chi connectivity index (χ0v) is 23.4. The molecular formula is C30H23FIN3O5. The van der Waals surface area contributed by atoms with Crippen LogP contribution < -0.4 is 20.1 Å². The van der Waals surface area contributed by atoms with Crippen molar-refractivity contribution in [2.75, 3.05) is 19.0 Å². The van der Waals surface area contributed by atoms with Gasteiger partial charge < -0.3 is 20.1 Å². The van der Waals surface area contributed by atoms with E-state index in [-0.39, 0.29) is 11.4 Å². The van der Waals surface area contributed by atoms with Crippen molar-refractivity contribution in [1.82, 2.24) is 10.2 Å². The number of fused-ring (bicyclic) bond motifs is 1. The van der Waals surface area contributed by atoms with Crippen LogP contribution in [0.15, 0.2) is 84.6 Å². The molecule has 10 heteroatoms. The van der Waals surface area contributed by atoms with Crippen LogP contribution in [0.1, 0.15) is 11.1 Å². The number of benzene rings is 4. The lowest BCUT2D eigenvalue weighted by molar-refractivity contribution is -0.127. The summed E-state index contributed by atoms with van der Waals surface area (Å²) in [7, 11) is 1.52. The number of anilines is 1. The molecule has 8 nitrogen and oxygen atoms in total. The van der Waals surface area contributed by atoms with Crippen LogP contribution in [0.3, 0.4) is 0 Å². The molecule has 0 saturated carbocycles. The maximum atomic E-state index is 13.8. The van der Waals surface area contributed by atoms with E-state index < -0.39 is 30.2 Å². The number of carbonyl (C=O) groups excluding carboxylic acids is 3. The lowest BCUT2D eigenvalue weighted by Crippen LogP contribution is -2.38. The number of hydrogen-bond acceptors (Lipinski definition) is 5. The van der Waals surface area contributed by atoms with Gasteiger partial charge in [-0.15, -0.1) is 0 Å². The third-order valence-electron chi connectivity index (χ3n) is 6.23. The summed E-state index contributed by atoms with van der Waals surface area (Å²) in [6.07, 6.45) is 1.49. The van der Waals surface area contributed by atoms with E-state index in [0.717, 1.165) is 24.8 Å². The van der Waals surface area contributed by atoms with E-state index >= 15 is 0 Å². The van der Waals surface area contributed by atoms with Gasteiger partial charge in [0.2, 0.25) is 5.91 Å². The Bertz CT molecular complexity index is 1670. The van der Waals surface area contributed by atoms with E-state index in [1.165, 1.54) is 31.4 Å². The SMILES string of the molecule is COc1cc(/C=C2/NC(=O)N(CC(=O)Nc3ccccc3F)C2=O)cc(I)c1OCc1cccc2ccccc12. The molecule has 0 atom stereocenters. The standard InChI is InChI=1S/C30H23FIN3O5/c1-39-26-15-18(13-23(32)28(26)40-17-20-9-6-8-19-7-2-3-10-21(19)20)14-25-29(37)35(30(38)34-25)16-27(36)33-24-12-5-4-11-22(24)31/h2-15H,16-17H2,1H3,(H,33,36)(H,34,38)/b25-14+. The molecule has 5 rings (SSSR count). The zero-order valence-electron chi connectivity index (χ0n) is 21.2. The smallest absolute Gasteiger partial charge is 0.329 e. The molecule has 4 aromatic rings. The lowest BCUT2D eigenvalue weighted by atomic mass is 10.1. The first kappa shape index (κ1) is 27.1. The number of carbonyl (C=O) groups is 3. The van der Waals surface area contributed by atoms with Gasteiger partial charge in [-0.25, -0.2) is 14.1 Å². The van der Waals surface area contributed by atoms with Gasteiger partial charge in [-0.3, -0.25) is 9.59 Å². The van der Waals surface area contributed by atoms with E-state index in [1.54, 1.807) is 18.2 Å². The minimum atomic E-state index is -0.753. The summed E-state index contributed by atoms with van der Waals surface area (Å²) in [6.45, 7) is -0.245. The van der Waals surface area contributed by atoms with Gasteiger partial charge in [-0.1, -0.05) is 54.6 Å². The predicted molar refractivity (Wildman–Crippen MR) is 157 cm³/mol. The monoisotopic (exact) mass is 651 g/mol. The van der Waals surface area contributed by atoms with Gasteiger partial charge in [0, 0.05) is 0 Å². The highest BCUT2D eigenvalue weighted by atomic mass is 127. The van der Waals surface area contributed by atoms with Crippen molar-refractivity contribution in [1.29, 1.82) is 0 Å². The highest BCUT2D eigenvalue weighted by molar-refractivity contribution is 14.1. The number of methoxy groups -OCH3 is 1. The van der Waals surface area contributed by atoms with Crippen LogP contribution in [-0.4, -0.2) is 36.4 Å². The number of urea groups is 1. The number of ether oxygens (including phenoxy) is 2. The van der Waals surface area contributed by atoms with Crippen molar-refractivity contribution < 1.29 is 28.2 Å². The minimum Gasteiger partial charge on any atom is -0.493 e. The Morgan fingerprint density at radius 3 is 2.60 bits per heavy atom. The largest absolute Gasteiger partial charge is 0.493 e. The number of nitrogens with one attached hydrogen (secondary N) is 2. The average molecular weight is 651 g/mol. The molecule has 2 N–H and O–H groups in total. The lowest BCUT2D eigenvalue weighted by Gasteiger charge is -2.15. The Labute approximate surface area is 242 Å². The molecule has 1 aliphatic rings. The van der Waals surface area contributed by atoms with Crippen LogP contribution in [-0.2, 0) is 16.2 Å². The first-order valence-electron chi connectivity index (χ1n) is 12.2. The molecule has 0 aliphatic carbocycles. The summed E-state index contributed by atoms with van der Waals surface area (Å²) >= 11 is 2.12. The number of hydrogen-bond donors (Lipinski definition) is 2. The first-order valence-corrected chi connectivity index (χ1v) is 13.3. The summed E-state index contributed by atoms with van der Waals surface area (Å²) < 4.78 is 26.3. The van der Waals surface area contributed by atoms with Crippen LogP contribution in [0.4, 0.5) is 14.9 Å². The molecule has 1 aliphatic heterocycles. The summed E-state index contributed by atoms with van der Waals surface area (Å²) in [5, 5.41) is 7.07. The number of nitrogens with zero attached hydrogens (tertiary/aromatic N) is 1. The van der Waals surface area contributed by atoms with Crippen molar-refractivity contribution in [2.24, 2.45) is 0 Å². The normalized spacial score (nSPS) is 14.0. The van der Waals surface area contributed by atoms with E-state index in [2.05, 4.69) is 33.2 Å². The van der Waals surface area contributed by atoms with Crippen LogP contribution in [0.25, 0.3) is 16.8 Å². The van der Waals surface area contributed by atoms with E-state index in [4.69, 9.17) is 9.47 Å². The van der Waals surface area contributed by atoms with E-state index in [0.29, 0.717) is 23.7 Å². The molecular weight excluding hydrogens is 628 g/mol. The molecule has 1 saturated heterocycles. The van der Waals surface area contributed by atoms with Gasteiger partial charge in [0.15, 0.2) is 11.5 Å². The second-order valence-corrected chi connectivity index (χ2v) is 10.0. The zero-order chi connectivity index (χ0) is 28.2. The summed E-state index contributed by atoms with van der Waals surface area (Å²) in [5.74, 6) is -1.01. The second-order valence-electron chi connectivity index (χ2n) is 8.87. The number of halogens is 2. The van der Waals surface area contributed by atoms with Crippen LogP contribution >= 0.6 is 22.6 Å². The van der Waals surface area contributed by atoms with Gasteiger partial charge in [-0.2, -0.15) is 0 Å². The Balaban J connectivity index is 1.31. The molecule has 1 heterocycles. The first-order chi connectivity index (χ1) is 19.3. The third-order valence-corrected chi connectivity index (χ3v) is 7.03. The molecule has 40 heavy (non-hydrogen) atoms. The van der Waals surface area contributed by atoms with Gasteiger partial charge >= 0.3 is 6.03 Å². The maximum Gasteiger partial charge on any atom is 0.329 e. The quantitative estimate of drug-likeness (QED) is 0.145. The number of rotatable bonds is 8. The van der Waals surface area contributed by atoms with Gasteiger partial charge in [0.05, 0.1) is 16.4 Å². The summed E-state index contributed by atoms with van der Waals surface area (Å²) in [5.41, 5.74) is 1.56. The molecule has 0 spiro atoms. The Morgan fingerprint density at radius 2 is 1.80 bits per heavy atom. The topological polar surface area (TPSA) is 97.0 Å². The average Bonchev–Trinajstić information content (AvgIpc) is 3.20. The summed E-state index contributed by atoms with van der Waals surface area (Å²) in [4.78, 5) is 38.5. The van der Waals surface area contributed by atoms with Gasteiger partial charge in [-0.05, 0) is 74.8 Å². The van der Waals surface area contributed by atoms with E-state index in [9.17, 15) is 18.8 Å². The minimum absolute atomic E-state index is 0.00836. The number of para-hydroxylation sites is 1. The molecule has 202 valence electrons. The molecule has 0 radical (unpaired) electrons. The van der Waals surface area contributed by atoms with Crippen LogP contribution in [0.2, 0.25) is 0 Å². The fraction of sp³-hybridized carbons (Fsp3) is 0.100. The molecule has 4 aromatic carbocycles. The molecule has 0 aromatic heterocycles. The molecule has 4 amide bonds. The number of amides is 4. The number of imide groups is 1. The Hall–Kier alpha value is -4.45. The second kappa shape index (κ2) is 11.7. The van der Waals surface area contributed by atoms with Crippen molar-refractivity contribution in [2.45, 2.75) is 6.61 Å². The van der Waals surface area contributed by atoms with Crippen molar-refractivity contribution in [3.63, 3.8) is 0 Å². The third kappa shape index (κ3) is 5.76. The fourth-order valence-electron chi connectivity index (χ4n) is 4.31. The van der Waals surface area contributed by atoms with Crippen molar-refractivity contribution >= 4 is 63.0 Å². The Kier molecular flexibility index (Phi) is 7.96. The van der Waals surface area contributed by atoms with Crippen LogP contribution in [0, 0.1) is 9.39 Å². The summed E-state index contributed by atoms with van der Waals surface area (Å²) in [6, 6.07) is 22.5. The van der Waals surface area contributed by atoms with E-state index in [1.807, 2.05) is 42.5 Å². The highest BCUT2D eigenvalue weighted by Crippen LogP contribution is 2.36. The van der Waals surface area contributed by atoms with Crippen molar-refractivity contribution in [3.05, 3.63) is 105 Å². The predicted octanol–water partition coefficient (Wildman–Crippen LogP) is 5.70. The fourth-order valence-corrected chi connectivity index (χ4v) is 5.09. The van der Waals surface area contributed by atoms with Gasteiger partial charge in [0.1, 0.15) is 24.7 Å².